The molecule has 3 rings (SSSR count). The van der Waals surface area contributed by atoms with E-state index in [-0.39, 0.29) is 11.3 Å². The number of likely N-dealkylation sites (N-methyl/N-ethyl adjacent to an activating group) is 1. The molecule has 0 saturated carbocycles. The first-order chi connectivity index (χ1) is 12.6. The van der Waals surface area contributed by atoms with E-state index in [0.29, 0.717) is 5.56 Å². The average Bonchev–Trinajstić information content (AvgIpc) is 2.84. The molecule has 0 N–H and O–H groups in total. The number of carbonyl (C=O) groups is 2. The third-order valence-electron chi connectivity index (χ3n) is 4.41. The first kappa shape index (κ1) is 18.4. The van der Waals surface area contributed by atoms with Crippen LogP contribution in [0.1, 0.15) is 21.5 Å². The third kappa shape index (κ3) is 2.54. The lowest BCUT2D eigenvalue weighted by molar-refractivity contribution is -0.666. The first-order valence-corrected chi connectivity index (χ1v) is 7.83. The number of hydrogen-bond donors (Lipinski definition) is 0. The molecule has 0 aromatic heterocycles. The van der Waals surface area contributed by atoms with E-state index in [9.17, 15) is 28.5 Å². The predicted octanol–water partition coefficient (Wildman–Crippen LogP) is 2.89. The Balaban J connectivity index is 2.25. The topological polar surface area (TPSA) is 89.7 Å². The molecule has 1 atom stereocenters. The Labute approximate surface area is 152 Å². The molecule has 2 aromatic rings. The molecule has 27 heavy (non-hydrogen) atoms. The van der Waals surface area contributed by atoms with Crippen LogP contribution in [0.25, 0.3) is 0 Å². The van der Waals surface area contributed by atoms with Crippen LogP contribution in [0.5, 0.6) is 0 Å². The van der Waals surface area contributed by atoms with Crippen molar-refractivity contribution in [1.82, 2.24) is 0 Å². The van der Waals surface area contributed by atoms with Crippen LogP contribution in [0.4, 0.5) is 14.5 Å². The highest BCUT2D eigenvalue weighted by Gasteiger charge is 2.78. The number of nitro groups is 1. The molecule has 1 aliphatic rings. The number of halogens is 2. The fourth-order valence-corrected chi connectivity index (χ4v) is 3.04. The Kier molecular flexibility index (Phi) is 4.17. The number of hydrogen-bond acceptors (Lipinski definition) is 5. The van der Waals surface area contributed by atoms with Crippen LogP contribution >= 0.6 is 0 Å². The van der Waals surface area contributed by atoms with E-state index in [0.717, 1.165) is 4.90 Å². The highest BCUT2D eigenvalue weighted by Crippen LogP contribution is 2.51. The normalized spacial score (nSPS) is 19.0. The number of ether oxygens (including phenoxy) is 1. The monoisotopic (exact) mass is 376 g/mol. The number of carbonyl (C=O) groups excluding carboxylic acids is 2. The van der Waals surface area contributed by atoms with Crippen LogP contribution in [-0.2, 0) is 15.1 Å². The van der Waals surface area contributed by atoms with Crippen molar-refractivity contribution in [2.75, 3.05) is 11.9 Å². The maximum atomic E-state index is 14.8. The number of aryl methyl sites for hydroxylation is 1. The lowest BCUT2D eigenvalue weighted by atomic mass is 9.91. The van der Waals surface area contributed by atoms with E-state index < -0.39 is 34.0 Å². The van der Waals surface area contributed by atoms with Gasteiger partial charge in [-0.1, -0.05) is 29.8 Å². The van der Waals surface area contributed by atoms with E-state index in [1.807, 2.05) is 0 Å². The molecule has 1 amide bonds. The van der Waals surface area contributed by atoms with E-state index >= 15 is 0 Å². The molecule has 1 heterocycles. The number of esters is 1. The second kappa shape index (κ2) is 6.11. The van der Waals surface area contributed by atoms with Gasteiger partial charge in [-0.2, -0.15) is 0 Å². The van der Waals surface area contributed by atoms with Crippen LogP contribution in [0.15, 0.2) is 48.5 Å². The van der Waals surface area contributed by atoms with Gasteiger partial charge in [-0.15, -0.1) is 8.78 Å². The molecule has 1 aliphatic heterocycles. The molecule has 0 radical (unpaired) electrons. The zero-order valence-corrected chi connectivity index (χ0v) is 14.3. The summed E-state index contributed by atoms with van der Waals surface area (Å²) < 4.78 is 34.5. The van der Waals surface area contributed by atoms with Crippen molar-refractivity contribution in [2.45, 2.75) is 18.6 Å². The average molecular weight is 376 g/mol. The Morgan fingerprint density at radius 1 is 1.22 bits per heavy atom. The molecular weight excluding hydrogens is 362 g/mol. The summed E-state index contributed by atoms with van der Waals surface area (Å²) >= 11 is 0. The number of alkyl halides is 2. The number of amides is 1. The van der Waals surface area contributed by atoms with Crippen LogP contribution in [0.2, 0.25) is 0 Å². The fraction of sp³-hybridized carbons (Fsp3) is 0.222. The second-order valence-electron chi connectivity index (χ2n) is 6.12. The summed E-state index contributed by atoms with van der Waals surface area (Å²) in [7, 11) is 1.19. The lowest BCUT2D eigenvalue weighted by Crippen LogP contribution is -2.58. The molecule has 0 spiro atoms. The number of nitrogens with zero attached hydrogens (tertiary/aromatic N) is 2. The van der Waals surface area contributed by atoms with Gasteiger partial charge in [-0.05, 0) is 31.2 Å². The van der Waals surface area contributed by atoms with Crippen molar-refractivity contribution in [2.24, 2.45) is 0 Å². The van der Waals surface area contributed by atoms with Crippen molar-refractivity contribution < 1.29 is 28.0 Å². The van der Waals surface area contributed by atoms with Gasteiger partial charge in [0.1, 0.15) is 4.92 Å². The van der Waals surface area contributed by atoms with Gasteiger partial charge in [0.05, 0.1) is 11.3 Å². The quantitative estimate of drug-likeness (QED) is 0.354. The van der Waals surface area contributed by atoms with Gasteiger partial charge >= 0.3 is 17.6 Å². The van der Waals surface area contributed by atoms with Gasteiger partial charge in [-0.25, -0.2) is 4.79 Å². The Hall–Kier alpha value is -3.36. The molecule has 0 aliphatic carbocycles. The maximum Gasteiger partial charge on any atom is 0.565 e. The standard InChI is InChI=1S/C18H14F2N2O5/c1-11-8-9-14-13(10-11)17(16(24)21(14)2,18(19,20)22(25)26)27-15(23)12-6-4-3-5-7-12/h3-10H,1-2H3. The zero-order chi connectivity index (χ0) is 20.0. The largest absolute Gasteiger partial charge is 0.565 e. The minimum Gasteiger partial charge on any atom is -0.426 e. The molecule has 0 bridgehead atoms. The summed E-state index contributed by atoms with van der Waals surface area (Å²) in [5.41, 5.74) is -3.47. The number of anilines is 1. The SMILES string of the molecule is Cc1ccc2c(c1)C(OC(=O)c1ccccc1)(C(F)(F)[N+](=O)[O-])C(=O)N2C. The summed E-state index contributed by atoms with van der Waals surface area (Å²) in [6, 6.07) is 6.34. The smallest absolute Gasteiger partial charge is 0.426 e. The van der Waals surface area contributed by atoms with Crippen molar-refractivity contribution in [1.29, 1.82) is 0 Å². The Bertz CT molecular complexity index is 948. The molecule has 2 aromatic carbocycles. The third-order valence-corrected chi connectivity index (χ3v) is 4.41. The summed E-state index contributed by atoms with van der Waals surface area (Å²) in [6.07, 6.45) is 0. The van der Waals surface area contributed by atoms with Gasteiger partial charge in [-0.3, -0.25) is 14.9 Å². The molecule has 140 valence electrons. The highest BCUT2D eigenvalue weighted by atomic mass is 19.3. The van der Waals surface area contributed by atoms with E-state index in [4.69, 9.17) is 4.74 Å². The lowest BCUT2D eigenvalue weighted by Gasteiger charge is -2.29. The Morgan fingerprint density at radius 2 is 1.85 bits per heavy atom. The molecular formula is C18H14F2N2O5. The molecule has 7 nitrogen and oxygen atoms in total. The fourth-order valence-electron chi connectivity index (χ4n) is 3.04. The molecule has 1 unspecified atom stereocenters. The number of benzene rings is 2. The minimum atomic E-state index is -4.89. The van der Waals surface area contributed by atoms with Crippen molar-refractivity contribution in [3.05, 3.63) is 75.3 Å². The zero-order valence-electron chi connectivity index (χ0n) is 14.3. The maximum absolute atomic E-state index is 14.8. The van der Waals surface area contributed by atoms with Gasteiger partial charge in [0.25, 0.3) is 5.91 Å². The number of rotatable bonds is 4. The summed E-state index contributed by atoms with van der Waals surface area (Å²) in [6.45, 7) is 1.57. The van der Waals surface area contributed by atoms with Gasteiger partial charge in [0.15, 0.2) is 0 Å². The van der Waals surface area contributed by atoms with Gasteiger partial charge in [0, 0.05) is 12.6 Å². The van der Waals surface area contributed by atoms with E-state index in [1.165, 1.54) is 43.4 Å². The summed E-state index contributed by atoms with van der Waals surface area (Å²) in [5.74, 6) is -2.66. The first-order valence-electron chi connectivity index (χ1n) is 7.83. The molecule has 9 heteroatoms. The van der Waals surface area contributed by atoms with Crippen molar-refractivity contribution in [3.8, 4) is 0 Å². The predicted molar refractivity (Wildman–Crippen MR) is 90.1 cm³/mol. The van der Waals surface area contributed by atoms with Crippen LogP contribution in [0, 0.1) is 17.0 Å². The van der Waals surface area contributed by atoms with Gasteiger partial charge < -0.3 is 9.64 Å². The van der Waals surface area contributed by atoms with E-state index in [2.05, 4.69) is 0 Å². The second-order valence-corrected chi connectivity index (χ2v) is 6.12. The van der Waals surface area contributed by atoms with Gasteiger partial charge in [0.2, 0.25) is 0 Å². The minimum absolute atomic E-state index is 0.00740. The van der Waals surface area contributed by atoms with Crippen molar-refractivity contribution >= 4 is 17.6 Å². The van der Waals surface area contributed by atoms with Crippen LogP contribution in [-0.4, -0.2) is 29.9 Å². The highest BCUT2D eigenvalue weighted by molar-refractivity contribution is 6.09. The molecule has 0 fully saturated rings. The Morgan fingerprint density at radius 3 is 2.44 bits per heavy atom. The van der Waals surface area contributed by atoms with Crippen molar-refractivity contribution in [3.63, 3.8) is 0 Å². The van der Waals surface area contributed by atoms with Crippen LogP contribution in [0.3, 0.4) is 0 Å². The summed E-state index contributed by atoms with van der Waals surface area (Å²) in [5, 5.41) is 11.2. The van der Waals surface area contributed by atoms with E-state index in [1.54, 1.807) is 19.1 Å². The number of fused-ring (bicyclic) bond motifs is 1. The van der Waals surface area contributed by atoms with Crippen LogP contribution < -0.4 is 4.90 Å². The summed E-state index contributed by atoms with van der Waals surface area (Å²) in [4.78, 5) is 35.3. The molecule has 0 saturated heterocycles.